The van der Waals surface area contributed by atoms with E-state index < -0.39 is 0 Å². The number of hydrogen-bond acceptors (Lipinski definition) is 3. The van der Waals surface area contributed by atoms with Crippen LogP contribution >= 0.6 is 0 Å². The summed E-state index contributed by atoms with van der Waals surface area (Å²) in [6, 6.07) is 2.06. The van der Waals surface area contributed by atoms with Crippen LogP contribution in [-0.4, -0.2) is 12.1 Å². The average molecular weight is 136 g/mol. The number of isocyanates is 1. The fourth-order valence-corrected chi connectivity index (χ4v) is 1.31. The lowest BCUT2D eigenvalue weighted by Gasteiger charge is -2.01. The highest BCUT2D eigenvalue weighted by molar-refractivity contribution is 5.34. The first-order valence-electron chi connectivity index (χ1n) is 3.35. The zero-order chi connectivity index (χ0) is 7.40. The summed E-state index contributed by atoms with van der Waals surface area (Å²) in [6.45, 7) is 0. The van der Waals surface area contributed by atoms with Crippen molar-refractivity contribution in [1.82, 2.24) is 0 Å². The molecule has 1 saturated carbocycles. The standard InChI is InChI=1S/C7H8N2O/c8-4-6-2-1-3-7(6)9-5-10/h6-7H,1-3H2. The lowest BCUT2D eigenvalue weighted by atomic mass is 10.1. The van der Waals surface area contributed by atoms with Crippen LogP contribution in [0, 0.1) is 17.2 Å². The van der Waals surface area contributed by atoms with Crippen LogP contribution in [0.4, 0.5) is 0 Å². The summed E-state index contributed by atoms with van der Waals surface area (Å²) < 4.78 is 0. The smallest absolute Gasteiger partial charge is 0.211 e. The Morgan fingerprint density at radius 2 is 2.30 bits per heavy atom. The number of carbonyl (C=O) groups excluding carboxylic acids is 1. The number of rotatable bonds is 1. The van der Waals surface area contributed by atoms with Gasteiger partial charge in [-0.1, -0.05) is 0 Å². The van der Waals surface area contributed by atoms with Gasteiger partial charge in [0.2, 0.25) is 6.08 Å². The van der Waals surface area contributed by atoms with Crippen molar-refractivity contribution < 1.29 is 4.79 Å². The first kappa shape index (κ1) is 6.98. The van der Waals surface area contributed by atoms with Gasteiger partial charge in [0.25, 0.3) is 0 Å². The molecule has 0 aromatic carbocycles. The van der Waals surface area contributed by atoms with E-state index in [1.807, 2.05) is 0 Å². The average Bonchev–Trinajstić information content (AvgIpc) is 2.36. The highest BCUT2D eigenvalue weighted by Crippen LogP contribution is 2.26. The van der Waals surface area contributed by atoms with Crippen LogP contribution in [0.3, 0.4) is 0 Å². The van der Waals surface area contributed by atoms with Crippen molar-refractivity contribution >= 4 is 6.08 Å². The Balaban J connectivity index is 2.60. The molecule has 0 N–H and O–H groups in total. The molecule has 0 aromatic heterocycles. The van der Waals surface area contributed by atoms with E-state index in [4.69, 9.17) is 5.26 Å². The second-order valence-corrected chi connectivity index (χ2v) is 2.45. The second kappa shape index (κ2) is 3.14. The zero-order valence-corrected chi connectivity index (χ0v) is 5.58. The molecule has 2 atom stereocenters. The van der Waals surface area contributed by atoms with Crippen LogP contribution < -0.4 is 0 Å². The second-order valence-electron chi connectivity index (χ2n) is 2.45. The van der Waals surface area contributed by atoms with Gasteiger partial charge in [-0.3, -0.25) is 0 Å². The highest BCUT2D eigenvalue weighted by Gasteiger charge is 2.26. The maximum absolute atomic E-state index is 9.82. The predicted octanol–water partition coefficient (Wildman–Crippen LogP) is 1.01. The highest BCUT2D eigenvalue weighted by atomic mass is 16.1. The van der Waals surface area contributed by atoms with E-state index in [1.54, 1.807) is 0 Å². The van der Waals surface area contributed by atoms with Gasteiger partial charge in [0.05, 0.1) is 18.0 Å². The summed E-state index contributed by atoms with van der Waals surface area (Å²) in [5, 5.41) is 8.52. The Morgan fingerprint density at radius 3 is 2.90 bits per heavy atom. The lowest BCUT2D eigenvalue weighted by molar-refractivity contribution is 0.544. The van der Waals surface area contributed by atoms with Gasteiger partial charge in [-0.2, -0.15) is 5.26 Å². The van der Waals surface area contributed by atoms with Gasteiger partial charge in [0.15, 0.2) is 0 Å². The van der Waals surface area contributed by atoms with E-state index in [0.29, 0.717) is 0 Å². The molecule has 0 aliphatic heterocycles. The summed E-state index contributed by atoms with van der Waals surface area (Å²) >= 11 is 0. The molecule has 1 aliphatic rings. The normalized spacial score (nSPS) is 30.7. The molecule has 10 heavy (non-hydrogen) atoms. The van der Waals surface area contributed by atoms with Crippen LogP contribution in [0.1, 0.15) is 19.3 Å². The first-order chi connectivity index (χ1) is 4.88. The van der Waals surface area contributed by atoms with Crippen molar-refractivity contribution in [2.45, 2.75) is 25.3 Å². The van der Waals surface area contributed by atoms with Gasteiger partial charge >= 0.3 is 0 Å². The Labute approximate surface area is 59.4 Å². The van der Waals surface area contributed by atoms with E-state index >= 15 is 0 Å². The predicted molar refractivity (Wildman–Crippen MR) is 34.9 cm³/mol. The first-order valence-corrected chi connectivity index (χ1v) is 3.35. The largest absolute Gasteiger partial charge is 0.235 e. The fraction of sp³-hybridized carbons (Fsp3) is 0.714. The molecule has 0 spiro atoms. The SMILES string of the molecule is N#CC1CCCC1N=C=O. The van der Waals surface area contributed by atoms with Crippen molar-refractivity contribution in [1.29, 1.82) is 5.26 Å². The van der Waals surface area contributed by atoms with Crippen molar-refractivity contribution in [2.75, 3.05) is 0 Å². The minimum Gasteiger partial charge on any atom is -0.211 e. The van der Waals surface area contributed by atoms with Crippen LogP contribution in [-0.2, 0) is 4.79 Å². The summed E-state index contributed by atoms with van der Waals surface area (Å²) in [6.07, 6.45) is 4.26. The molecule has 2 unspecified atom stereocenters. The third-order valence-corrected chi connectivity index (χ3v) is 1.86. The molecule has 0 amide bonds. The van der Waals surface area contributed by atoms with Crippen LogP contribution in [0.5, 0.6) is 0 Å². The maximum Gasteiger partial charge on any atom is 0.235 e. The summed E-state index contributed by atoms with van der Waals surface area (Å²) in [4.78, 5) is 13.4. The van der Waals surface area contributed by atoms with E-state index in [0.717, 1.165) is 19.3 Å². The molecule has 1 aliphatic carbocycles. The van der Waals surface area contributed by atoms with E-state index in [-0.39, 0.29) is 12.0 Å². The van der Waals surface area contributed by atoms with Crippen molar-refractivity contribution in [3.8, 4) is 6.07 Å². The third kappa shape index (κ3) is 1.23. The minimum absolute atomic E-state index is 0.0403. The zero-order valence-electron chi connectivity index (χ0n) is 5.58. The minimum atomic E-state index is -0.0671. The molecule has 0 aromatic rings. The topological polar surface area (TPSA) is 53.2 Å². The maximum atomic E-state index is 9.82. The van der Waals surface area contributed by atoms with Gasteiger partial charge in [0, 0.05) is 0 Å². The van der Waals surface area contributed by atoms with Crippen molar-refractivity contribution in [3.63, 3.8) is 0 Å². The van der Waals surface area contributed by atoms with E-state index in [9.17, 15) is 4.79 Å². The molecule has 1 rings (SSSR count). The Hall–Kier alpha value is -1.13. The van der Waals surface area contributed by atoms with Gasteiger partial charge in [-0.05, 0) is 19.3 Å². The monoisotopic (exact) mass is 136 g/mol. The molecule has 1 fully saturated rings. The summed E-state index contributed by atoms with van der Waals surface area (Å²) in [7, 11) is 0. The fourth-order valence-electron chi connectivity index (χ4n) is 1.31. The lowest BCUT2D eigenvalue weighted by Crippen LogP contribution is -2.08. The van der Waals surface area contributed by atoms with Crippen molar-refractivity contribution in [3.05, 3.63) is 0 Å². The van der Waals surface area contributed by atoms with Gasteiger partial charge in [-0.15, -0.1) is 0 Å². The number of nitrogens with zero attached hydrogens (tertiary/aromatic N) is 2. The molecule has 0 heterocycles. The van der Waals surface area contributed by atoms with E-state index in [2.05, 4.69) is 11.1 Å². The summed E-state index contributed by atoms with van der Waals surface area (Å²) in [5.74, 6) is -0.0403. The van der Waals surface area contributed by atoms with E-state index in [1.165, 1.54) is 6.08 Å². The van der Waals surface area contributed by atoms with Gasteiger partial charge in [0.1, 0.15) is 0 Å². The molecule has 0 bridgehead atoms. The quantitative estimate of drug-likeness (QED) is 0.399. The Kier molecular flexibility index (Phi) is 2.20. The Morgan fingerprint density at radius 1 is 1.50 bits per heavy atom. The molecule has 3 nitrogen and oxygen atoms in total. The third-order valence-electron chi connectivity index (χ3n) is 1.86. The van der Waals surface area contributed by atoms with Crippen molar-refractivity contribution in [2.24, 2.45) is 10.9 Å². The van der Waals surface area contributed by atoms with Crippen LogP contribution in [0.15, 0.2) is 4.99 Å². The van der Waals surface area contributed by atoms with Gasteiger partial charge in [-0.25, -0.2) is 9.79 Å². The van der Waals surface area contributed by atoms with Gasteiger partial charge < -0.3 is 0 Å². The molecule has 52 valence electrons. The molecular weight excluding hydrogens is 128 g/mol. The number of aliphatic imine (C=N–C) groups is 1. The molecule has 0 radical (unpaired) electrons. The number of hydrogen-bond donors (Lipinski definition) is 0. The molecule has 3 heteroatoms. The van der Waals surface area contributed by atoms with Crippen LogP contribution in [0.2, 0.25) is 0 Å². The molecular formula is C7H8N2O. The summed E-state index contributed by atoms with van der Waals surface area (Å²) in [5.41, 5.74) is 0. The Bertz CT molecular complexity index is 200. The number of nitriles is 1. The van der Waals surface area contributed by atoms with Crippen LogP contribution in [0.25, 0.3) is 0 Å². The molecule has 0 saturated heterocycles.